The number of carboxylic acids is 1. The molecule has 7 heteroatoms. The van der Waals surface area contributed by atoms with Gasteiger partial charge < -0.3 is 10.4 Å². The van der Waals surface area contributed by atoms with Crippen molar-refractivity contribution in [2.24, 2.45) is 5.92 Å². The van der Waals surface area contributed by atoms with Gasteiger partial charge in [0.2, 0.25) is 5.91 Å². The molecule has 6 nitrogen and oxygen atoms in total. The molecule has 0 heterocycles. The lowest BCUT2D eigenvalue weighted by molar-refractivity contribution is -0.140. The number of carbonyl (C=O) groups is 2. The smallest absolute Gasteiger partial charge is 0.307 e. The number of hydrogen-bond donors (Lipinski definition) is 2. The summed E-state index contributed by atoms with van der Waals surface area (Å²) in [5.41, 5.74) is 0. The first-order valence-corrected chi connectivity index (χ1v) is 7.16. The predicted octanol–water partition coefficient (Wildman–Crippen LogP) is 0.0366. The van der Waals surface area contributed by atoms with Gasteiger partial charge >= 0.3 is 5.97 Å². The maximum Gasteiger partial charge on any atom is 0.307 e. The molecular weight excluding hydrogens is 246 g/mol. The van der Waals surface area contributed by atoms with Crippen LogP contribution < -0.4 is 5.32 Å². The van der Waals surface area contributed by atoms with Gasteiger partial charge in [-0.3, -0.25) is 9.59 Å². The van der Waals surface area contributed by atoms with Gasteiger partial charge in [-0.2, -0.15) is 0 Å². The molecule has 100 valence electrons. The minimum atomic E-state index is -3.73. The fraction of sp³-hybridized carbons (Fsp3) is 0.800. The van der Waals surface area contributed by atoms with Crippen LogP contribution in [0.25, 0.3) is 0 Å². The summed E-state index contributed by atoms with van der Waals surface area (Å²) >= 11 is 0. The van der Waals surface area contributed by atoms with Gasteiger partial charge in [0.1, 0.15) is 5.25 Å². The fourth-order valence-corrected chi connectivity index (χ4v) is 2.66. The summed E-state index contributed by atoms with van der Waals surface area (Å²) in [6, 6.07) is 0. The number of sulfone groups is 1. The minimum Gasteiger partial charge on any atom is -0.481 e. The average molecular weight is 265 g/mol. The molecule has 1 amide bonds. The van der Waals surface area contributed by atoms with Crippen molar-refractivity contribution in [3.05, 3.63) is 0 Å². The number of aliphatic carboxylic acids is 1. The Labute approximate surface area is 101 Å². The van der Waals surface area contributed by atoms with Crippen LogP contribution in [-0.2, 0) is 19.4 Å². The van der Waals surface area contributed by atoms with Crippen molar-refractivity contribution >= 4 is 21.7 Å². The summed E-state index contributed by atoms with van der Waals surface area (Å²) in [5, 5.41) is 9.91. The quantitative estimate of drug-likeness (QED) is 0.676. The highest BCUT2D eigenvalue weighted by Crippen LogP contribution is 2.08. The molecule has 0 fully saturated rings. The van der Waals surface area contributed by atoms with Crippen molar-refractivity contribution < 1.29 is 23.1 Å². The molecule has 0 rings (SSSR count). The molecule has 17 heavy (non-hydrogen) atoms. The number of rotatable bonds is 7. The summed E-state index contributed by atoms with van der Waals surface area (Å²) in [5.74, 6) is -3.30. The van der Waals surface area contributed by atoms with E-state index >= 15 is 0 Å². The fourth-order valence-electron chi connectivity index (χ4n) is 1.12. The molecule has 0 aliphatic heterocycles. The largest absolute Gasteiger partial charge is 0.481 e. The standard InChI is InChI=1S/C10H19NO5S/c1-4-5-11-9(12)8(3)17(15,16)6-7(2)10(13)14/h7-8H,4-6H2,1-3H3,(H,11,12)(H,13,14). The van der Waals surface area contributed by atoms with Crippen LogP contribution in [0.4, 0.5) is 0 Å². The molecule has 0 saturated carbocycles. The first-order chi connectivity index (χ1) is 7.72. The van der Waals surface area contributed by atoms with Crippen molar-refractivity contribution in [3.63, 3.8) is 0 Å². The van der Waals surface area contributed by atoms with Crippen molar-refractivity contribution in [3.8, 4) is 0 Å². The van der Waals surface area contributed by atoms with E-state index in [0.717, 1.165) is 0 Å². The van der Waals surface area contributed by atoms with Crippen molar-refractivity contribution in [2.45, 2.75) is 32.4 Å². The topological polar surface area (TPSA) is 101 Å². The molecule has 0 spiro atoms. The molecule has 0 aliphatic rings. The molecule has 0 bridgehead atoms. The Kier molecular flexibility index (Phi) is 6.15. The first-order valence-electron chi connectivity index (χ1n) is 5.44. The first kappa shape index (κ1) is 15.9. The Hall–Kier alpha value is -1.11. The zero-order chi connectivity index (χ0) is 13.6. The van der Waals surface area contributed by atoms with Gasteiger partial charge in [0.15, 0.2) is 9.84 Å². The van der Waals surface area contributed by atoms with Gasteiger partial charge in [-0.05, 0) is 13.3 Å². The lowest BCUT2D eigenvalue weighted by Crippen LogP contribution is -2.40. The van der Waals surface area contributed by atoms with Crippen LogP contribution in [0, 0.1) is 5.92 Å². The Morgan fingerprint density at radius 3 is 2.24 bits per heavy atom. The van der Waals surface area contributed by atoms with Crippen LogP contribution in [0.15, 0.2) is 0 Å². The lowest BCUT2D eigenvalue weighted by atomic mass is 10.2. The molecular formula is C10H19NO5S. The maximum absolute atomic E-state index is 11.7. The normalized spacial score (nSPS) is 15.0. The number of nitrogens with one attached hydrogen (secondary N) is 1. The summed E-state index contributed by atoms with van der Waals surface area (Å²) in [7, 11) is -3.73. The third-order valence-corrected chi connectivity index (χ3v) is 4.62. The predicted molar refractivity (Wildman–Crippen MR) is 63.3 cm³/mol. The summed E-state index contributed by atoms with van der Waals surface area (Å²) in [6.45, 7) is 4.84. The number of carboxylic acid groups (broad SMARTS) is 1. The van der Waals surface area contributed by atoms with Crippen LogP contribution >= 0.6 is 0 Å². The third-order valence-electron chi connectivity index (χ3n) is 2.36. The van der Waals surface area contributed by atoms with Gasteiger partial charge in [-0.15, -0.1) is 0 Å². The second kappa shape index (κ2) is 6.58. The van der Waals surface area contributed by atoms with Gasteiger partial charge in [0.25, 0.3) is 0 Å². The highest BCUT2D eigenvalue weighted by Gasteiger charge is 2.31. The third kappa shape index (κ3) is 5.16. The molecule has 0 aromatic rings. The van der Waals surface area contributed by atoms with Crippen LogP contribution in [0.2, 0.25) is 0 Å². The zero-order valence-corrected chi connectivity index (χ0v) is 11.1. The SMILES string of the molecule is CCCNC(=O)C(C)S(=O)(=O)CC(C)C(=O)O. The van der Waals surface area contributed by atoms with Crippen LogP contribution in [-0.4, -0.2) is 42.9 Å². The zero-order valence-electron chi connectivity index (χ0n) is 10.3. The van der Waals surface area contributed by atoms with Crippen molar-refractivity contribution in [2.75, 3.05) is 12.3 Å². The maximum atomic E-state index is 11.7. The molecule has 2 unspecified atom stereocenters. The second-order valence-electron chi connectivity index (χ2n) is 4.00. The van der Waals surface area contributed by atoms with E-state index in [4.69, 9.17) is 5.11 Å². The lowest BCUT2D eigenvalue weighted by Gasteiger charge is -2.14. The van der Waals surface area contributed by atoms with E-state index in [2.05, 4.69) is 5.32 Å². The summed E-state index contributed by atoms with van der Waals surface area (Å²) in [4.78, 5) is 22.0. The number of carbonyl (C=O) groups excluding carboxylic acids is 1. The van der Waals surface area contributed by atoms with Crippen LogP contribution in [0.5, 0.6) is 0 Å². The Bertz CT molecular complexity index is 376. The van der Waals surface area contributed by atoms with Crippen molar-refractivity contribution in [1.29, 1.82) is 0 Å². The molecule has 2 N–H and O–H groups in total. The average Bonchev–Trinajstić information content (AvgIpc) is 2.23. The monoisotopic (exact) mass is 265 g/mol. The van der Waals surface area contributed by atoms with E-state index in [1.54, 1.807) is 0 Å². The summed E-state index contributed by atoms with van der Waals surface area (Å²) in [6.07, 6.45) is 0.712. The Morgan fingerprint density at radius 2 is 1.82 bits per heavy atom. The van der Waals surface area contributed by atoms with E-state index in [1.807, 2.05) is 6.92 Å². The molecule has 0 saturated heterocycles. The summed E-state index contributed by atoms with van der Waals surface area (Å²) < 4.78 is 23.5. The van der Waals surface area contributed by atoms with Gasteiger partial charge in [0.05, 0.1) is 11.7 Å². The minimum absolute atomic E-state index is 0.410. The Balaban J connectivity index is 4.60. The van der Waals surface area contributed by atoms with Crippen LogP contribution in [0.1, 0.15) is 27.2 Å². The van der Waals surface area contributed by atoms with E-state index in [-0.39, 0.29) is 0 Å². The van der Waals surface area contributed by atoms with Gasteiger partial charge in [-0.1, -0.05) is 13.8 Å². The van der Waals surface area contributed by atoms with Gasteiger partial charge in [0, 0.05) is 6.54 Å². The van der Waals surface area contributed by atoms with E-state index < -0.39 is 38.6 Å². The molecule has 0 aliphatic carbocycles. The number of hydrogen-bond acceptors (Lipinski definition) is 4. The molecule has 0 aromatic heterocycles. The van der Waals surface area contributed by atoms with Crippen LogP contribution in [0.3, 0.4) is 0 Å². The second-order valence-corrected chi connectivity index (χ2v) is 6.37. The van der Waals surface area contributed by atoms with Gasteiger partial charge in [-0.25, -0.2) is 8.42 Å². The Morgan fingerprint density at radius 1 is 1.29 bits per heavy atom. The highest BCUT2D eigenvalue weighted by atomic mass is 32.2. The molecule has 0 aromatic carbocycles. The van der Waals surface area contributed by atoms with E-state index in [1.165, 1.54) is 13.8 Å². The van der Waals surface area contributed by atoms with E-state index in [9.17, 15) is 18.0 Å². The van der Waals surface area contributed by atoms with Crippen molar-refractivity contribution in [1.82, 2.24) is 5.32 Å². The number of amides is 1. The molecule has 0 radical (unpaired) electrons. The van der Waals surface area contributed by atoms with E-state index in [0.29, 0.717) is 13.0 Å². The molecule has 2 atom stereocenters. The highest BCUT2D eigenvalue weighted by molar-refractivity contribution is 7.92.